The molecule has 2 aromatic carbocycles. The van der Waals surface area contributed by atoms with Crippen LogP contribution in [0.5, 0.6) is 11.5 Å². The smallest absolute Gasteiger partial charge is 0.130 e. The van der Waals surface area contributed by atoms with Crippen molar-refractivity contribution >= 4 is 11.0 Å². The van der Waals surface area contributed by atoms with Crippen LogP contribution in [-0.2, 0) is 6.61 Å². The molecule has 0 fully saturated rings. The van der Waals surface area contributed by atoms with Crippen molar-refractivity contribution in [1.82, 2.24) is 9.97 Å². The zero-order chi connectivity index (χ0) is 22.0. The van der Waals surface area contributed by atoms with Crippen molar-refractivity contribution in [2.24, 2.45) is 0 Å². The highest BCUT2D eigenvalue weighted by Crippen LogP contribution is 2.24. The number of rotatable bonds is 11. The Kier molecular flexibility index (Phi) is 7.66. The Balaban J connectivity index is 1.21. The number of ether oxygens (including phenoxy) is 2. The summed E-state index contributed by atoms with van der Waals surface area (Å²) < 4.78 is 11.6. The summed E-state index contributed by atoms with van der Waals surface area (Å²) in [5.74, 6) is 1.63. The Hall–Kier alpha value is -3.44. The van der Waals surface area contributed by atoms with Crippen LogP contribution in [0.3, 0.4) is 0 Å². The number of nitrogens with zero attached hydrogens (tertiary/aromatic N) is 2. The second-order valence-corrected chi connectivity index (χ2v) is 7.73. The molecule has 2 heterocycles. The van der Waals surface area contributed by atoms with Crippen LogP contribution < -0.4 is 9.47 Å². The summed E-state index contributed by atoms with van der Waals surface area (Å²) in [6, 6.07) is 25.2. The van der Waals surface area contributed by atoms with Crippen LogP contribution in [0, 0.1) is 0 Å². The lowest BCUT2D eigenvalue weighted by atomic mass is 10.0. The lowest BCUT2D eigenvalue weighted by molar-refractivity contribution is 0.161. The highest BCUT2D eigenvalue weighted by atomic mass is 16.5. The molecule has 5 heteroatoms. The summed E-state index contributed by atoms with van der Waals surface area (Å²) in [7, 11) is 0. The minimum atomic E-state index is -0.501. The summed E-state index contributed by atoms with van der Waals surface area (Å²) in [5.41, 5.74) is 3.44. The quantitative estimate of drug-likeness (QED) is 0.302. The fraction of sp³-hybridized carbons (Fsp3) is 0.259. The van der Waals surface area contributed by atoms with Gasteiger partial charge in [-0.1, -0.05) is 36.8 Å². The SMILES string of the molecule is OC(CCCCCOc1ccccc1)c1cccc(OCc2ccc3ncccc3n2)c1. The average Bonchev–Trinajstić information content (AvgIpc) is 2.85. The van der Waals surface area contributed by atoms with E-state index in [-0.39, 0.29) is 0 Å². The molecule has 0 aliphatic rings. The Morgan fingerprint density at radius 2 is 1.62 bits per heavy atom. The molecule has 0 amide bonds. The van der Waals surface area contributed by atoms with Crippen molar-refractivity contribution < 1.29 is 14.6 Å². The molecule has 1 atom stereocenters. The van der Waals surface area contributed by atoms with Gasteiger partial charge in [-0.25, -0.2) is 4.98 Å². The van der Waals surface area contributed by atoms with Gasteiger partial charge >= 0.3 is 0 Å². The van der Waals surface area contributed by atoms with Crippen molar-refractivity contribution in [1.29, 1.82) is 0 Å². The van der Waals surface area contributed by atoms with Crippen molar-refractivity contribution in [2.45, 2.75) is 38.4 Å². The third kappa shape index (κ3) is 6.28. The lowest BCUT2D eigenvalue weighted by Crippen LogP contribution is -2.02. The van der Waals surface area contributed by atoms with Gasteiger partial charge in [0.2, 0.25) is 0 Å². The number of hydrogen-bond donors (Lipinski definition) is 1. The normalized spacial score (nSPS) is 11.9. The number of benzene rings is 2. The van der Waals surface area contributed by atoms with E-state index in [1.807, 2.05) is 78.9 Å². The zero-order valence-electron chi connectivity index (χ0n) is 18.1. The Morgan fingerprint density at radius 1 is 0.750 bits per heavy atom. The molecule has 32 heavy (non-hydrogen) atoms. The minimum Gasteiger partial charge on any atom is -0.494 e. The maximum absolute atomic E-state index is 10.6. The van der Waals surface area contributed by atoms with Crippen molar-refractivity contribution in [3.63, 3.8) is 0 Å². The molecule has 0 spiro atoms. The summed E-state index contributed by atoms with van der Waals surface area (Å²) in [5, 5.41) is 10.6. The number of fused-ring (bicyclic) bond motifs is 1. The highest BCUT2D eigenvalue weighted by Gasteiger charge is 2.09. The summed E-state index contributed by atoms with van der Waals surface area (Å²) in [4.78, 5) is 8.87. The number of pyridine rings is 2. The maximum atomic E-state index is 10.6. The molecule has 0 radical (unpaired) electrons. The van der Waals surface area contributed by atoms with E-state index in [9.17, 15) is 5.11 Å². The first-order valence-electron chi connectivity index (χ1n) is 11.1. The van der Waals surface area contributed by atoms with Crippen molar-refractivity contribution in [2.75, 3.05) is 6.61 Å². The second kappa shape index (κ2) is 11.3. The molecule has 0 saturated carbocycles. The monoisotopic (exact) mass is 428 g/mol. The van der Waals surface area contributed by atoms with Crippen LogP contribution >= 0.6 is 0 Å². The van der Waals surface area contributed by atoms with Gasteiger partial charge in [-0.05, 0) is 73.4 Å². The third-order valence-corrected chi connectivity index (χ3v) is 5.28. The Bertz CT molecular complexity index is 1120. The van der Waals surface area contributed by atoms with Crippen molar-refractivity contribution in [3.05, 3.63) is 96.3 Å². The molecule has 4 aromatic rings. The Labute approximate surface area is 188 Å². The van der Waals surface area contributed by atoms with Crippen LogP contribution in [0.2, 0.25) is 0 Å². The van der Waals surface area contributed by atoms with E-state index < -0.39 is 6.10 Å². The van der Waals surface area contributed by atoms with Gasteiger partial charge in [-0.2, -0.15) is 0 Å². The van der Waals surface area contributed by atoms with E-state index in [1.54, 1.807) is 6.20 Å². The fourth-order valence-corrected chi connectivity index (χ4v) is 3.54. The first-order chi connectivity index (χ1) is 15.8. The molecular weight excluding hydrogens is 400 g/mol. The van der Waals surface area contributed by atoms with Gasteiger partial charge in [-0.3, -0.25) is 4.98 Å². The van der Waals surface area contributed by atoms with Gasteiger partial charge in [0.1, 0.15) is 18.1 Å². The maximum Gasteiger partial charge on any atom is 0.130 e. The third-order valence-electron chi connectivity index (χ3n) is 5.28. The molecule has 0 aliphatic heterocycles. The molecule has 0 saturated heterocycles. The summed E-state index contributed by atoms with van der Waals surface area (Å²) in [6.07, 6.45) is 4.91. The van der Waals surface area contributed by atoms with Gasteiger partial charge in [0.05, 0.1) is 29.4 Å². The lowest BCUT2D eigenvalue weighted by Gasteiger charge is -2.13. The van der Waals surface area contributed by atoms with Gasteiger partial charge in [0, 0.05) is 6.20 Å². The first-order valence-corrected chi connectivity index (χ1v) is 11.1. The van der Waals surface area contributed by atoms with E-state index in [2.05, 4.69) is 9.97 Å². The Morgan fingerprint density at radius 3 is 2.53 bits per heavy atom. The first kappa shape index (κ1) is 21.8. The molecule has 5 nitrogen and oxygen atoms in total. The molecule has 1 N–H and O–H groups in total. The largest absolute Gasteiger partial charge is 0.494 e. The van der Waals surface area contributed by atoms with E-state index >= 15 is 0 Å². The van der Waals surface area contributed by atoms with Crippen LogP contribution in [0.1, 0.15) is 43.0 Å². The predicted molar refractivity (Wildman–Crippen MR) is 126 cm³/mol. The fourth-order valence-electron chi connectivity index (χ4n) is 3.54. The molecule has 0 bridgehead atoms. The number of aromatic nitrogens is 2. The van der Waals surface area contributed by atoms with Gasteiger partial charge in [-0.15, -0.1) is 0 Å². The molecule has 0 aliphatic carbocycles. The molecular formula is C27H28N2O3. The summed E-state index contributed by atoms with van der Waals surface area (Å²) >= 11 is 0. The molecule has 2 aromatic heterocycles. The second-order valence-electron chi connectivity index (χ2n) is 7.73. The number of hydrogen-bond acceptors (Lipinski definition) is 5. The average molecular weight is 429 g/mol. The van der Waals surface area contributed by atoms with E-state index in [0.717, 1.165) is 53.1 Å². The molecule has 1 unspecified atom stereocenters. The van der Waals surface area contributed by atoms with Crippen LogP contribution in [-0.4, -0.2) is 21.7 Å². The van der Waals surface area contributed by atoms with Gasteiger partial charge in [0.25, 0.3) is 0 Å². The van der Waals surface area contributed by atoms with Crippen molar-refractivity contribution in [3.8, 4) is 11.5 Å². The predicted octanol–water partition coefficient (Wildman–Crippen LogP) is 5.88. The van der Waals surface area contributed by atoms with Crippen LogP contribution in [0.25, 0.3) is 11.0 Å². The van der Waals surface area contributed by atoms with Gasteiger partial charge < -0.3 is 14.6 Å². The number of unbranched alkanes of at least 4 members (excludes halogenated alkanes) is 2. The molecule has 4 rings (SSSR count). The minimum absolute atomic E-state index is 0.367. The van der Waals surface area contributed by atoms with Crippen LogP contribution in [0.4, 0.5) is 0 Å². The number of aliphatic hydroxyl groups is 1. The molecule has 164 valence electrons. The highest BCUT2D eigenvalue weighted by molar-refractivity contribution is 5.73. The number of aliphatic hydroxyl groups excluding tert-OH is 1. The number of para-hydroxylation sites is 1. The standard InChI is InChI=1S/C27H28N2O3/c30-27(14-5-2-6-18-31-23-10-3-1-4-11-23)21-9-7-12-24(19-21)32-20-22-15-16-25-26(29-22)13-8-17-28-25/h1,3-4,7-13,15-17,19,27,30H,2,5-6,14,18,20H2. The zero-order valence-corrected chi connectivity index (χ0v) is 18.1. The van der Waals surface area contributed by atoms with E-state index in [4.69, 9.17) is 9.47 Å². The van der Waals surface area contributed by atoms with E-state index in [0.29, 0.717) is 19.6 Å². The van der Waals surface area contributed by atoms with Crippen LogP contribution in [0.15, 0.2) is 85.1 Å². The van der Waals surface area contributed by atoms with E-state index in [1.165, 1.54) is 0 Å². The summed E-state index contributed by atoms with van der Waals surface area (Å²) in [6.45, 7) is 1.06. The van der Waals surface area contributed by atoms with Gasteiger partial charge in [0.15, 0.2) is 0 Å². The topological polar surface area (TPSA) is 64.5 Å².